The number of urea groups is 1. The number of aliphatic carboxylic acids is 1. The molecule has 39 heavy (non-hydrogen) atoms. The lowest BCUT2D eigenvalue weighted by atomic mass is 9.62. The maximum Gasteiger partial charge on any atom is 0.490 e. The van der Waals surface area contributed by atoms with Crippen LogP contribution in [0.1, 0.15) is 36.8 Å². The third kappa shape index (κ3) is 5.72. The number of alkyl halides is 3. The summed E-state index contributed by atoms with van der Waals surface area (Å²) < 4.78 is 69.4. The summed E-state index contributed by atoms with van der Waals surface area (Å²) >= 11 is 0. The number of anilines is 1. The second-order valence-electron chi connectivity index (χ2n) is 9.76. The van der Waals surface area contributed by atoms with Gasteiger partial charge in [0.25, 0.3) is 0 Å². The Labute approximate surface area is 221 Å². The van der Waals surface area contributed by atoms with E-state index in [4.69, 9.17) is 19.4 Å². The van der Waals surface area contributed by atoms with Crippen LogP contribution in [0.5, 0.6) is 11.5 Å². The van der Waals surface area contributed by atoms with E-state index in [-0.39, 0.29) is 17.1 Å². The molecule has 0 radical (unpaired) electrons. The first-order valence-electron chi connectivity index (χ1n) is 12.2. The van der Waals surface area contributed by atoms with Crippen LogP contribution in [0, 0.1) is 11.6 Å². The fourth-order valence-corrected chi connectivity index (χ4v) is 5.93. The molecule has 4 atom stereocenters. The van der Waals surface area contributed by atoms with E-state index in [0.29, 0.717) is 6.04 Å². The number of halogens is 5. The van der Waals surface area contributed by atoms with E-state index in [2.05, 4.69) is 27.7 Å². The van der Waals surface area contributed by atoms with Crippen molar-refractivity contribution in [1.29, 1.82) is 0 Å². The minimum atomic E-state index is -5.08. The molecule has 0 spiro atoms. The fourth-order valence-electron chi connectivity index (χ4n) is 5.93. The fraction of sp³-hybridized carbons (Fsp3) is 0.462. The number of rotatable bonds is 4. The Morgan fingerprint density at radius 1 is 1.05 bits per heavy atom. The Morgan fingerprint density at radius 2 is 1.72 bits per heavy atom. The summed E-state index contributed by atoms with van der Waals surface area (Å²) in [5.74, 6) is -3.17. The zero-order valence-electron chi connectivity index (χ0n) is 21.2. The highest BCUT2D eigenvalue weighted by atomic mass is 19.4. The number of hydrogen-bond donors (Lipinski definition) is 3. The maximum atomic E-state index is 13.4. The summed E-state index contributed by atoms with van der Waals surface area (Å²) in [5, 5.41) is 12.8. The molecule has 2 bridgehead atoms. The monoisotopic (exact) mass is 557 g/mol. The topological polar surface area (TPSA) is 100 Å². The Kier molecular flexibility index (Phi) is 7.92. The number of carboxylic acid groups (broad SMARTS) is 1. The van der Waals surface area contributed by atoms with Crippen LogP contribution in [-0.2, 0) is 16.8 Å². The first kappa shape index (κ1) is 28.4. The highest BCUT2D eigenvalue weighted by Crippen LogP contribution is 2.55. The molecule has 5 rings (SSSR count). The molecule has 2 aromatic carbocycles. The standard InChI is InChI=1S/C24H27F2N3O3.C2HF3O2/c1-31-20-9-14-13-29-8-7-24(17(14)12-21(20)32-2)6-5-16(11-22(24)29)28-23(30)27-15-3-4-18(25)19(26)10-15;3-2(4,5)1(6)7/h3-4,9-10,12,16,22H,5-8,11,13H2,1-2H3,(H2,27,28,30);(H,6,7). The number of methoxy groups -OCH3 is 2. The van der Waals surface area contributed by atoms with Gasteiger partial charge in [0, 0.05) is 35.8 Å². The summed E-state index contributed by atoms with van der Waals surface area (Å²) in [6, 6.07) is 7.54. The highest BCUT2D eigenvalue weighted by Gasteiger charge is 2.55. The predicted molar refractivity (Wildman–Crippen MR) is 130 cm³/mol. The van der Waals surface area contributed by atoms with Crippen LogP contribution in [0.3, 0.4) is 0 Å². The van der Waals surface area contributed by atoms with E-state index in [1.165, 1.54) is 17.2 Å². The number of carbonyl (C=O) groups excluding carboxylic acids is 1. The molecule has 1 saturated heterocycles. The van der Waals surface area contributed by atoms with Gasteiger partial charge in [-0.3, -0.25) is 4.90 Å². The molecule has 2 fully saturated rings. The van der Waals surface area contributed by atoms with Gasteiger partial charge in [-0.15, -0.1) is 0 Å². The average molecular weight is 558 g/mol. The number of amides is 2. The van der Waals surface area contributed by atoms with Crippen molar-refractivity contribution in [3.05, 3.63) is 53.1 Å². The van der Waals surface area contributed by atoms with Crippen LogP contribution in [0.15, 0.2) is 30.3 Å². The molecule has 212 valence electrons. The van der Waals surface area contributed by atoms with Crippen molar-refractivity contribution in [1.82, 2.24) is 10.2 Å². The minimum absolute atomic E-state index is 0.0146. The lowest BCUT2D eigenvalue weighted by molar-refractivity contribution is -0.192. The van der Waals surface area contributed by atoms with Crippen molar-refractivity contribution in [2.45, 2.75) is 55.9 Å². The van der Waals surface area contributed by atoms with Crippen molar-refractivity contribution in [3.63, 3.8) is 0 Å². The van der Waals surface area contributed by atoms with Crippen LogP contribution in [0.4, 0.5) is 32.4 Å². The zero-order valence-corrected chi connectivity index (χ0v) is 21.2. The van der Waals surface area contributed by atoms with Crippen LogP contribution >= 0.6 is 0 Å². The quantitative estimate of drug-likeness (QED) is 0.467. The smallest absolute Gasteiger partial charge is 0.490 e. The van der Waals surface area contributed by atoms with Gasteiger partial charge in [-0.2, -0.15) is 13.2 Å². The van der Waals surface area contributed by atoms with Gasteiger partial charge in [0.2, 0.25) is 0 Å². The normalized spacial score (nSPS) is 24.8. The molecule has 2 aliphatic heterocycles. The molecule has 0 aromatic heterocycles. The second kappa shape index (κ2) is 10.9. The number of ether oxygens (including phenoxy) is 2. The van der Waals surface area contributed by atoms with Crippen LogP contribution in [0.25, 0.3) is 0 Å². The van der Waals surface area contributed by atoms with E-state index in [1.807, 2.05) is 0 Å². The van der Waals surface area contributed by atoms with Gasteiger partial charge < -0.3 is 25.2 Å². The van der Waals surface area contributed by atoms with Gasteiger partial charge in [-0.25, -0.2) is 18.4 Å². The molecule has 8 nitrogen and oxygen atoms in total. The SMILES string of the molecule is COc1cc2c(cc1OC)C13CCC(NC(=O)Nc4ccc(F)c(F)c4)CC1N(CC3)C2.O=C(O)C(F)(F)F. The molecule has 2 heterocycles. The van der Waals surface area contributed by atoms with E-state index in [9.17, 15) is 26.7 Å². The van der Waals surface area contributed by atoms with Crippen molar-refractivity contribution < 1.29 is 46.1 Å². The predicted octanol–water partition coefficient (Wildman–Crippen LogP) is 4.82. The van der Waals surface area contributed by atoms with Gasteiger partial charge in [0.15, 0.2) is 23.1 Å². The highest BCUT2D eigenvalue weighted by molar-refractivity contribution is 5.89. The summed E-state index contributed by atoms with van der Waals surface area (Å²) in [4.78, 5) is 23.9. The number of carboxylic acids is 1. The lowest BCUT2D eigenvalue weighted by Crippen LogP contribution is -2.55. The zero-order chi connectivity index (χ0) is 28.5. The summed E-state index contributed by atoms with van der Waals surface area (Å²) in [5.41, 5.74) is 2.92. The van der Waals surface area contributed by atoms with Gasteiger partial charge in [-0.1, -0.05) is 0 Å². The third-order valence-corrected chi connectivity index (χ3v) is 7.64. The average Bonchev–Trinajstić information content (AvgIpc) is 3.15. The Bertz CT molecular complexity index is 1260. The van der Waals surface area contributed by atoms with E-state index in [1.54, 1.807) is 14.2 Å². The molecule has 1 saturated carbocycles. The largest absolute Gasteiger partial charge is 0.493 e. The van der Waals surface area contributed by atoms with Crippen molar-refractivity contribution >= 4 is 17.7 Å². The second-order valence-corrected chi connectivity index (χ2v) is 9.76. The Hall–Kier alpha value is -3.61. The van der Waals surface area contributed by atoms with Crippen molar-refractivity contribution in [2.24, 2.45) is 0 Å². The minimum Gasteiger partial charge on any atom is -0.493 e. The van der Waals surface area contributed by atoms with Crippen LogP contribution in [-0.4, -0.2) is 61.0 Å². The Morgan fingerprint density at radius 3 is 2.33 bits per heavy atom. The number of fused-ring (bicyclic) bond motifs is 1. The summed E-state index contributed by atoms with van der Waals surface area (Å²) in [7, 11) is 3.32. The first-order chi connectivity index (χ1) is 18.4. The third-order valence-electron chi connectivity index (χ3n) is 7.64. The molecular weight excluding hydrogens is 529 g/mol. The summed E-state index contributed by atoms with van der Waals surface area (Å²) in [6.45, 7) is 1.88. The molecule has 2 aromatic rings. The molecule has 3 N–H and O–H groups in total. The molecular formula is C26H28F5N3O5. The Balaban J connectivity index is 0.000000448. The van der Waals surface area contributed by atoms with Gasteiger partial charge in [-0.05, 0) is 67.6 Å². The first-order valence-corrected chi connectivity index (χ1v) is 12.2. The number of nitrogens with zero attached hydrogens (tertiary/aromatic N) is 1. The van der Waals surface area contributed by atoms with E-state index < -0.39 is 29.8 Å². The van der Waals surface area contributed by atoms with Gasteiger partial charge in [0.1, 0.15) is 0 Å². The van der Waals surface area contributed by atoms with E-state index in [0.717, 1.165) is 62.4 Å². The van der Waals surface area contributed by atoms with Crippen molar-refractivity contribution in [3.8, 4) is 11.5 Å². The number of hydrogen-bond acceptors (Lipinski definition) is 5. The van der Waals surface area contributed by atoms with Crippen LogP contribution < -0.4 is 20.1 Å². The number of benzene rings is 2. The number of nitrogens with one attached hydrogen (secondary N) is 2. The molecule has 3 aliphatic rings. The lowest BCUT2D eigenvalue weighted by Gasteiger charge is -2.49. The van der Waals surface area contributed by atoms with Crippen LogP contribution in [0.2, 0.25) is 0 Å². The molecule has 4 unspecified atom stereocenters. The van der Waals surface area contributed by atoms with Gasteiger partial charge >= 0.3 is 18.2 Å². The van der Waals surface area contributed by atoms with E-state index >= 15 is 0 Å². The molecule has 2 amide bonds. The van der Waals surface area contributed by atoms with Gasteiger partial charge in [0.05, 0.1) is 14.2 Å². The molecule has 1 aliphatic carbocycles. The number of carbonyl (C=O) groups is 2. The summed E-state index contributed by atoms with van der Waals surface area (Å²) in [6.07, 6.45) is -1.33. The maximum absolute atomic E-state index is 13.4. The van der Waals surface area contributed by atoms with Crippen molar-refractivity contribution in [2.75, 3.05) is 26.1 Å². The molecule has 13 heteroatoms.